The maximum Gasteiger partial charge on any atom is 0.423 e. The molecule has 3 aliphatic heterocycles. The van der Waals surface area contributed by atoms with Crippen LogP contribution in [0.2, 0.25) is 5.02 Å². The lowest BCUT2D eigenvalue weighted by atomic mass is 9.51. The number of likely N-dealkylation sites (tertiary alicyclic amines) is 1. The lowest BCUT2D eigenvalue weighted by Gasteiger charge is -2.49. The minimum atomic E-state index is -1.36. The summed E-state index contributed by atoms with van der Waals surface area (Å²) in [6.45, 7) is 1.71. The highest BCUT2D eigenvalue weighted by Crippen LogP contribution is 2.63. The van der Waals surface area contributed by atoms with Gasteiger partial charge in [-0.2, -0.15) is 4.90 Å². The maximum atomic E-state index is 14.5. The number of hydrogen-bond acceptors (Lipinski definition) is 8. The Morgan fingerprint density at radius 2 is 1.86 bits per heavy atom. The van der Waals surface area contributed by atoms with E-state index in [1.807, 2.05) is 6.08 Å². The van der Waals surface area contributed by atoms with Gasteiger partial charge in [-0.25, -0.2) is 14.1 Å². The van der Waals surface area contributed by atoms with Crippen molar-refractivity contribution < 1.29 is 42.9 Å². The molecule has 44 heavy (non-hydrogen) atoms. The first kappa shape index (κ1) is 28.3. The number of nitrogens with zero attached hydrogens (tertiary/aromatic N) is 2. The highest BCUT2D eigenvalue weighted by atomic mass is 35.5. The molecule has 226 valence electrons. The molecule has 0 unspecified atom stereocenters. The number of allylic oxidation sites excluding steroid dienone is 3. The Bertz CT molecular complexity index is 1770. The molecule has 5 amide bonds. The van der Waals surface area contributed by atoms with Gasteiger partial charge in [0.2, 0.25) is 23.6 Å². The van der Waals surface area contributed by atoms with Crippen LogP contribution in [0, 0.1) is 40.8 Å². The number of ether oxygens (including phenoxy) is 2. The monoisotopic (exact) mass is 620 g/mol. The predicted octanol–water partition coefficient (Wildman–Crippen LogP) is 4.53. The average molecular weight is 621 g/mol. The first-order chi connectivity index (χ1) is 21.0. The third-order valence-corrected chi connectivity index (χ3v) is 10.2. The molecule has 0 bridgehead atoms. The van der Waals surface area contributed by atoms with Gasteiger partial charge in [0.15, 0.2) is 0 Å². The minimum Gasteiger partial charge on any atom is -0.508 e. The molecule has 3 fully saturated rings. The van der Waals surface area contributed by atoms with E-state index in [1.165, 1.54) is 18.2 Å². The van der Waals surface area contributed by atoms with Gasteiger partial charge in [-0.05, 0) is 67.7 Å². The average Bonchev–Trinajstić information content (AvgIpc) is 3.37. The molecule has 2 aliphatic carbocycles. The first-order valence-electron chi connectivity index (χ1n) is 14.1. The van der Waals surface area contributed by atoms with Crippen LogP contribution in [-0.2, 0) is 30.3 Å². The number of carbonyl (C=O) groups excluding carboxylic acids is 5. The number of aromatic hydroxyl groups is 1. The number of amides is 5. The van der Waals surface area contributed by atoms with Crippen LogP contribution in [0.15, 0.2) is 59.9 Å². The number of phenolic OH excluding ortho intramolecular Hbond substituents is 1. The quantitative estimate of drug-likeness (QED) is 0.383. The Hall–Kier alpha value is -4.51. The number of rotatable bonds is 2. The number of methoxy groups -OCH3 is 1. The molecule has 7 rings (SSSR count). The molecule has 0 radical (unpaired) electrons. The van der Waals surface area contributed by atoms with E-state index in [2.05, 4.69) is 0 Å². The van der Waals surface area contributed by atoms with Crippen molar-refractivity contribution in [1.29, 1.82) is 0 Å². The molecule has 1 N–H and O–H groups in total. The van der Waals surface area contributed by atoms with E-state index in [-0.39, 0.29) is 35.7 Å². The van der Waals surface area contributed by atoms with E-state index < -0.39 is 70.5 Å². The van der Waals surface area contributed by atoms with Crippen molar-refractivity contribution in [2.75, 3.05) is 12.0 Å². The van der Waals surface area contributed by atoms with Crippen LogP contribution in [0.5, 0.6) is 11.5 Å². The van der Waals surface area contributed by atoms with E-state index in [0.29, 0.717) is 27.4 Å². The topological polar surface area (TPSA) is 131 Å². The molecule has 0 aromatic heterocycles. The van der Waals surface area contributed by atoms with Crippen LogP contribution in [0.4, 0.5) is 14.9 Å². The van der Waals surface area contributed by atoms with Crippen LogP contribution in [0.3, 0.4) is 0 Å². The van der Waals surface area contributed by atoms with Crippen molar-refractivity contribution in [3.05, 3.63) is 76.3 Å². The molecule has 5 aliphatic rings. The fourth-order valence-corrected chi connectivity index (χ4v) is 8.16. The molecular weight excluding hydrogens is 595 g/mol. The molecular formula is C32H26ClFN2O8. The zero-order chi connectivity index (χ0) is 31.2. The summed E-state index contributed by atoms with van der Waals surface area (Å²) < 4.78 is 24.7. The second-order valence-corrected chi connectivity index (χ2v) is 12.4. The zero-order valence-electron chi connectivity index (χ0n) is 23.6. The summed E-state index contributed by atoms with van der Waals surface area (Å²) in [5, 5.41) is 9.91. The third kappa shape index (κ3) is 3.74. The summed E-state index contributed by atoms with van der Waals surface area (Å²) in [5.74, 6) is -6.66. The molecule has 10 nitrogen and oxygen atoms in total. The fraction of sp³-hybridized carbons (Fsp3) is 0.344. The smallest absolute Gasteiger partial charge is 0.423 e. The van der Waals surface area contributed by atoms with Crippen molar-refractivity contribution in [3.8, 4) is 11.5 Å². The van der Waals surface area contributed by atoms with Crippen LogP contribution in [0.25, 0.3) is 0 Å². The maximum absolute atomic E-state index is 14.5. The molecule has 3 heterocycles. The van der Waals surface area contributed by atoms with E-state index in [0.717, 1.165) is 18.1 Å². The van der Waals surface area contributed by atoms with E-state index in [1.54, 1.807) is 25.3 Å². The Morgan fingerprint density at radius 1 is 1.09 bits per heavy atom. The lowest BCUT2D eigenvalue weighted by Crippen LogP contribution is -2.51. The summed E-state index contributed by atoms with van der Waals surface area (Å²) in [5.41, 5.74) is 0.776. The molecule has 1 saturated carbocycles. The van der Waals surface area contributed by atoms with Crippen LogP contribution in [0.1, 0.15) is 25.3 Å². The van der Waals surface area contributed by atoms with Gasteiger partial charge in [0.05, 0.1) is 47.3 Å². The predicted molar refractivity (Wildman–Crippen MR) is 152 cm³/mol. The third-order valence-electron chi connectivity index (χ3n) is 9.94. The SMILES string of the molecule is COC(=O)N1C(=O)[C@H]2[C@H](CC=C3[C@H](C4=COc5ccc(O)cc5C4)[C@]4(C)C(=O)N(c5ccc(F)c(Cl)c5)C(=O)[C@@H]4C[C@H]32)C1=O. The number of anilines is 1. The van der Waals surface area contributed by atoms with Gasteiger partial charge in [-0.15, -0.1) is 0 Å². The molecule has 6 atom stereocenters. The fourth-order valence-electron chi connectivity index (χ4n) is 7.99. The summed E-state index contributed by atoms with van der Waals surface area (Å²) >= 11 is 6.04. The molecule has 2 aromatic carbocycles. The molecule has 12 heteroatoms. The highest BCUT2D eigenvalue weighted by molar-refractivity contribution is 6.31. The van der Waals surface area contributed by atoms with Crippen molar-refractivity contribution in [2.24, 2.45) is 35.0 Å². The van der Waals surface area contributed by atoms with Gasteiger partial charge in [0, 0.05) is 17.9 Å². The van der Waals surface area contributed by atoms with Gasteiger partial charge >= 0.3 is 6.09 Å². The van der Waals surface area contributed by atoms with Gasteiger partial charge < -0.3 is 14.6 Å². The Kier molecular flexibility index (Phi) is 6.26. The largest absolute Gasteiger partial charge is 0.508 e. The van der Waals surface area contributed by atoms with Crippen LogP contribution in [-0.4, -0.2) is 46.8 Å². The second kappa shape index (κ2) is 9.75. The second-order valence-electron chi connectivity index (χ2n) is 12.0. The number of benzene rings is 2. The van der Waals surface area contributed by atoms with Crippen molar-refractivity contribution in [3.63, 3.8) is 0 Å². The highest BCUT2D eigenvalue weighted by Gasteiger charge is 2.68. The van der Waals surface area contributed by atoms with Crippen LogP contribution < -0.4 is 9.64 Å². The van der Waals surface area contributed by atoms with Gasteiger partial charge in [-0.3, -0.25) is 19.2 Å². The molecule has 0 spiro atoms. The van der Waals surface area contributed by atoms with Gasteiger partial charge in [0.25, 0.3) is 0 Å². The van der Waals surface area contributed by atoms with Gasteiger partial charge in [0.1, 0.15) is 17.3 Å². The van der Waals surface area contributed by atoms with E-state index in [9.17, 15) is 33.5 Å². The summed E-state index contributed by atoms with van der Waals surface area (Å²) in [4.78, 5) is 69.5. The van der Waals surface area contributed by atoms with E-state index >= 15 is 0 Å². The Morgan fingerprint density at radius 3 is 2.59 bits per heavy atom. The van der Waals surface area contributed by atoms with Crippen molar-refractivity contribution in [1.82, 2.24) is 4.90 Å². The van der Waals surface area contributed by atoms with Crippen LogP contribution >= 0.6 is 11.6 Å². The van der Waals surface area contributed by atoms with Crippen molar-refractivity contribution >= 4 is 47.0 Å². The summed E-state index contributed by atoms with van der Waals surface area (Å²) in [6, 6.07) is 8.30. The number of imide groups is 4. The molecule has 2 aromatic rings. The number of hydrogen-bond donors (Lipinski definition) is 1. The lowest BCUT2D eigenvalue weighted by molar-refractivity contribution is -0.138. The normalized spacial score (nSPS) is 30.6. The van der Waals surface area contributed by atoms with Gasteiger partial charge in [-0.1, -0.05) is 23.3 Å². The number of phenols is 1. The number of carbonyl (C=O) groups is 5. The zero-order valence-corrected chi connectivity index (χ0v) is 24.3. The van der Waals surface area contributed by atoms with Crippen molar-refractivity contribution in [2.45, 2.75) is 26.2 Å². The number of fused-ring (bicyclic) bond motifs is 5. The summed E-state index contributed by atoms with van der Waals surface area (Å²) in [7, 11) is 1.08. The minimum absolute atomic E-state index is 0.0309. The first-order valence-corrected chi connectivity index (χ1v) is 14.5. The Labute approximate surface area is 255 Å². The Balaban J connectivity index is 1.37. The molecule has 2 saturated heterocycles. The standard InChI is InChI=1S/C32H26ClFN2O8/c1-32-21(28(39)35(30(32)41)16-3-7-23(34)22(33)11-16)12-20-18(5-6-19-25(20)29(40)36(27(19)38)31(42)43-2)26(32)15-9-14-10-17(37)4-8-24(14)44-13-15/h3-5,7-8,10-11,13,19-21,25-26,37H,6,9,12H2,1-2H3/t19-,20+,21-,25-,26-,32+/m0/s1. The number of halogens is 2. The van der Waals surface area contributed by atoms with E-state index in [4.69, 9.17) is 21.1 Å². The summed E-state index contributed by atoms with van der Waals surface area (Å²) in [6.07, 6.45) is 2.81.